The predicted octanol–water partition coefficient (Wildman–Crippen LogP) is 4.01. The van der Waals surface area contributed by atoms with Gasteiger partial charge in [0.05, 0.1) is 28.6 Å². The average Bonchev–Trinajstić information content (AvgIpc) is 2.98. The Bertz CT molecular complexity index is 852. The summed E-state index contributed by atoms with van der Waals surface area (Å²) in [4.78, 5) is 2.34. The Morgan fingerprint density at radius 1 is 1.11 bits per heavy atom. The summed E-state index contributed by atoms with van der Waals surface area (Å²) in [5.41, 5.74) is 2.61. The van der Waals surface area contributed by atoms with Crippen LogP contribution in [0.25, 0.3) is 0 Å². The van der Waals surface area contributed by atoms with Gasteiger partial charge in [0.25, 0.3) is 0 Å². The Hall–Kier alpha value is -2.00. The first-order valence-electron chi connectivity index (χ1n) is 9.20. The minimum Gasteiger partial charge on any atom is -0.283 e. The maximum absolute atomic E-state index is 13.3. The zero-order valence-corrected chi connectivity index (χ0v) is 17.3. The molecule has 1 aliphatic rings. The van der Waals surface area contributed by atoms with Crippen LogP contribution in [0, 0.1) is 11.3 Å². The highest BCUT2D eigenvalue weighted by molar-refractivity contribution is 7.84. The molecule has 2 aromatic rings. The third kappa shape index (κ3) is 4.14. The van der Waals surface area contributed by atoms with Gasteiger partial charge in [-0.15, -0.1) is 0 Å². The van der Waals surface area contributed by atoms with E-state index in [4.69, 9.17) is 5.26 Å². The van der Waals surface area contributed by atoms with Gasteiger partial charge in [-0.2, -0.15) is 9.57 Å². The minimum atomic E-state index is -1.14. The molecule has 2 atom stereocenters. The first kappa shape index (κ1) is 19.8. The molecule has 0 aliphatic carbocycles. The van der Waals surface area contributed by atoms with Crippen LogP contribution in [0.5, 0.6) is 0 Å². The first-order valence-corrected chi connectivity index (χ1v) is 10.3. The second-order valence-electron chi connectivity index (χ2n) is 8.32. The molecule has 4 nitrogen and oxygen atoms in total. The van der Waals surface area contributed by atoms with E-state index >= 15 is 0 Å². The van der Waals surface area contributed by atoms with Crippen LogP contribution in [0.3, 0.4) is 0 Å². The number of benzene rings is 2. The Morgan fingerprint density at radius 2 is 1.74 bits per heavy atom. The topological polar surface area (TPSA) is 47.3 Å². The molecule has 0 unspecified atom stereocenters. The van der Waals surface area contributed by atoms with Crippen LogP contribution in [0.15, 0.2) is 54.6 Å². The summed E-state index contributed by atoms with van der Waals surface area (Å²) in [6.45, 7) is 10.5. The smallest absolute Gasteiger partial charge is 0.102 e. The molecule has 0 spiro atoms. The summed E-state index contributed by atoms with van der Waals surface area (Å²) < 4.78 is 15.1. The second kappa shape index (κ2) is 7.55. The van der Waals surface area contributed by atoms with E-state index in [9.17, 15) is 4.21 Å². The summed E-state index contributed by atoms with van der Waals surface area (Å²) >= 11 is 0. The van der Waals surface area contributed by atoms with Gasteiger partial charge >= 0.3 is 0 Å². The molecule has 0 aromatic heterocycles. The van der Waals surface area contributed by atoms with Crippen molar-refractivity contribution in [2.45, 2.75) is 44.5 Å². The zero-order valence-electron chi connectivity index (χ0n) is 16.5. The van der Waals surface area contributed by atoms with Crippen molar-refractivity contribution in [2.24, 2.45) is 0 Å². The van der Waals surface area contributed by atoms with E-state index in [1.54, 1.807) is 0 Å². The van der Waals surface area contributed by atoms with Gasteiger partial charge in [-0.1, -0.05) is 42.5 Å². The Labute approximate surface area is 165 Å². The Kier molecular flexibility index (Phi) is 5.53. The van der Waals surface area contributed by atoms with Crippen molar-refractivity contribution in [1.29, 1.82) is 5.26 Å². The number of hydrogen-bond donors (Lipinski definition) is 0. The normalized spacial score (nSPS) is 22.5. The molecule has 142 valence electrons. The molecule has 1 aliphatic heterocycles. The van der Waals surface area contributed by atoms with Crippen molar-refractivity contribution < 1.29 is 4.21 Å². The molecule has 5 heteroatoms. The van der Waals surface area contributed by atoms with Crippen LogP contribution in [0.4, 0.5) is 0 Å². The van der Waals surface area contributed by atoms with E-state index in [1.165, 1.54) is 5.56 Å². The molecule has 27 heavy (non-hydrogen) atoms. The summed E-state index contributed by atoms with van der Waals surface area (Å²) in [5, 5.41) is 9.09. The monoisotopic (exact) mass is 381 g/mol. The molecule has 0 saturated carbocycles. The average molecular weight is 382 g/mol. The molecule has 1 saturated heterocycles. The van der Waals surface area contributed by atoms with E-state index in [-0.39, 0.29) is 10.3 Å². The van der Waals surface area contributed by atoms with Crippen LogP contribution >= 0.6 is 0 Å². The van der Waals surface area contributed by atoms with Crippen LogP contribution in [0.2, 0.25) is 0 Å². The second-order valence-corrected chi connectivity index (χ2v) is 10.5. The highest BCUT2D eigenvalue weighted by atomic mass is 32.2. The first-order chi connectivity index (χ1) is 12.7. The molecule has 0 bridgehead atoms. The highest BCUT2D eigenvalue weighted by Gasteiger charge is 2.47. The SMILES string of the molecule is CC(C)(C)[S@@](=O)N1CN(Cc2ccccc2)C[C@@]1(C)c1ccc(C#N)cc1. The van der Waals surface area contributed by atoms with Gasteiger partial charge in [0, 0.05) is 13.1 Å². The Balaban J connectivity index is 1.94. The highest BCUT2D eigenvalue weighted by Crippen LogP contribution is 2.39. The quantitative estimate of drug-likeness (QED) is 0.804. The van der Waals surface area contributed by atoms with E-state index in [0.29, 0.717) is 12.2 Å². The minimum absolute atomic E-state index is 0.337. The zero-order chi connectivity index (χ0) is 19.7. The lowest BCUT2D eigenvalue weighted by molar-refractivity contribution is 0.288. The summed E-state index contributed by atoms with van der Waals surface area (Å²) in [7, 11) is -1.14. The van der Waals surface area contributed by atoms with Crippen molar-refractivity contribution in [3.63, 3.8) is 0 Å². The van der Waals surface area contributed by atoms with Gasteiger partial charge in [0.2, 0.25) is 0 Å². The number of nitrogens with zero attached hydrogens (tertiary/aromatic N) is 3. The van der Waals surface area contributed by atoms with Crippen molar-refractivity contribution in [3.05, 3.63) is 71.3 Å². The molecule has 0 amide bonds. The van der Waals surface area contributed by atoms with E-state index in [2.05, 4.69) is 46.5 Å². The molecule has 0 N–H and O–H groups in total. The predicted molar refractivity (Wildman–Crippen MR) is 110 cm³/mol. The Morgan fingerprint density at radius 3 is 2.30 bits per heavy atom. The van der Waals surface area contributed by atoms with Crippen molar-refractivity contribution in [3.8, 4) is 6.07 Å². The van der Waals surface area contributed by atoms with Crippen LogP contribution in [0.1, 0.15) is 44.4 Å². The van der Waals surface area contributed by atoms with E-state index in [0.717, 1.165) is 18.7 Å². The van der Waals surface area contributed by atoms with Gasteiger partial charge < -0.3 is 0 Å². The van der Waals surface area contributed by atoms with E-state index in [1.807, 2.05) is 51.1 Å². The standard InChI is InChI=1S/C22H27N3OS/c1-21(2,3)27(26)25-17-24(15-19-8-6-5-7-9-19)16-22(25,4)20-12-10-18(14-23)11-13-20/h5-13H,15-17H2,1-4H3/t22-,27+/m0/s1. The molecule has 0 radical (unpaired) electrons. The summed E-state index contributed by atoms with van der Waals surface area (Å²) in [6.07, 6.45) is 0. The maximum atomic E-state index is 13.3. The van der Waals surface area contributed by atoms with Gasteiger partial charge in [-0.3, -0.25) is 4.90 Å². The molecular formula is C22H27N3OS. The lowest BCUT2D eigenvalue weighted by atomic mass is 9.92. The van der Waals surface area contributed by atoms with Gasteiger partial charge in [-0.05, 0) is 51.0 Å². The number of rotatable bonds is 4. The van der Waals surface area contributed by atoms with Crippen molar-refractivity contribution >= 4 is 11.0 Å². The molecule has 3 rings (SSSR count). The third-order valence-electron chi connectivity index (χ3n) is 5.02. The molecule has 1 heterocycles. The fourth-order valence-corrected chi connectivity index (χ4v) is 5.01. The van der Waals surface area contributed by atoms with Gasteiger partial charge in [-0.25, -0.2) is 4.21 Å². The number of hydrogen-bond acceptors (Lipinski definition) is 3. The summed E-state index contributed by atoms with van der Waals surface area (Å²) in [5.74, 6) is 0. The third-order valence-corrected chi connectivity index (χ3v) is 6.99. The van der Waals surface area contributed by atoms with Crippen LogP contribution < -0.4 is 0 Å². The lowest BCUT2D eigenvalue weighted by Crippen LogP contribution is -2.46. The van der Waals surface area contributed by atoms with Gasteiger partial charge in [0.15, 0.2) is 0 Å². The lowest BCUT2D eigenvalue weighted by Gasteiger charge is -2.37. The van der Waals surface area contributed by atoms with Crippen molar-refractivity contribution in [2.75, 3.05) is 13.2 Å². The maximum Gasteiger partial charge on any atom is 0.102 e. The fourth-order valence-electron chi connectivity index (χ4n) is 3.55. The molecular weight excluding hydrogens is 354 g/mol. The number of nitriles is 1. The van der Waals surface area contributed by atoms with E-state index < -0.39 is 11.0 Å². The van der Waals surface area contributed by atoms with Gasteiger partial charge in [0.1, 0.15) is 11.0 Å². The fraction of sp³-hybridized carbons (Fsp3) is 0.409. The van der Waals surface area contributed by atoms with Crippen LogP contribution in [-0.4, -0.2) is 31.4 Å². The van der Waals surface area contributed by atoms with Crippen LogP contribution in [-0.2, 0) is 23.1 Å². The molecule has 2 aromatic carbocycles. The summed E-state index contributed by atoms with van der Waals surface area (Å²) in [6, 6.07) is 20.2. The van der Waals surface area contributed by atoms with Crippen molar-refractivity contribution in [1.82, 2.24) is 9.21 Å². The largest absolute Gasteiger partial charge is 0.283 e. The molecule has 1 fully saturated rings.